The van der Waals surface area contributed by atoms with Gasteiger partial charge < -0.3 is 10.3 Å². The van der Waals surface area contributed by atoms with Crippen LogP contribution in [0.4, 0.5) is 13.2 Å². The molecule has 0 amide bonds. The van der Waals surface area contributed by atoms with Crippen molar-refractivity contribution in [1.29, 1.82) is 0 Å². The van der Waals surface area contributed by atoms with Gasteiger partial charge in [-0.25, -0.2) is 0 Å². The fourth-order valence-corrected chi connectivity index (χ4v) is 2.15. The molecule has 1 unspecified atom stereocenters. The van der Waals surface area contributed by atoms with Gasteiger partial charge >= 0.3 is 6.18 Å². The first-order valence-corrected chi connectivity index (χ1v) is 6.38. The second-order valence-electron chi connectivity index (χ2n) is 4.89. The Morgan fingerprint density at radius 2 is 1.90 bits per heavy atom. The normalized spacial score (nSPS) is 13.2. The standard InChI is InChI=1S/C15H15F3N2O/c1-10-6-7-20(14(21)8-10)9-13(19)11-4-2-3-5-12(11)15(16,17)18/h2-8,13H,9,19H2,1H3. The van der Waals surface area contributed by atoms with Crippen LogP contribution in [0.1, 0.15) is 22.7 Å². The number of aromatic nitrogens is 1. The van der Waals surface area contributed by atoms with Crippen LogP contribution >= 0.6 is 0 Å². The second kappa shape index (κ2) is 5.73. The third kappa shape index (κ3) is 3.52. The number of nitrogens with two attached hydrogens (primary N) is 1. The van der Waals surface area contributed by atoms with Crippen LogP contribution in [0.25, 0.3) is 0 Å². The Kier molecular flexibility index (Phi) is 4.18. The zero-order valence-electron chi connectivity index (χ0n) is 11.4. The van der Waals surface area contributed by atoms with Gasteiger partial charge in [0, 0.05) is 24.8 Å². The van der Waals surface area contributed by atoms with Crippen molar-refractivity contribution < 1.29 is 13.2 Å². The van der Waals surface area contributed by atoms with E-state index in [0.717, 1.165) is 11.6 Å². The molecule has 1 heterocycles. The first kappa shape index (κ1) is 15.3. The third-order valence-corrected chi connectivity index (χ3v) is 3.21. The minimum absolute atomic E-state index is 0.00773. The van der Waals surface area contributed by atoms with E-state index >= 15 is 0 Å². The first-order valence-electron chi connectivity index (χ1n) is 6.38. The molecule has 21 heavy (non-hydrogen) atoms. The largest absolute Gasteiger partial charge is 0.416 e. The molecular formula is C15H15F3N2O. The summed E-state index contributed by atoms with van der Waals surface area (Å²) in [6.07, 6.45) is -2.93. The van der Waals surface area contributed by atoms with Crippen LogP contribution in [-0.2, 0) is 12.7 Å². The maximum atomic E-state index is 13.0. The van der Waals surface area contributed by atoms with Gasteiger partial charge in [-0.05, 0) is 30.2 Å². The Labute approximate surface area is 119 Å². The number of pyridine rings is 1. The highest BCUT2D eigenvalue weighted by Gasteiger charge is 2.34. The lowest BCUT2D eigenvalue weighted by Crippen LogP contribution is -2.27. The molecule has 1 aromatic carbocycles. The highest BCUT2D eigenvalue weighted by molar-refractivity contribution is 5.32. The van der Waals surface area contributed by atoms with E-state index in [1.54, 1.807) is 13.0 Å². The average Bonchev–Trinajstić information content (AvgIpc) is 2.41. The van der Waals surface area contributed by atoms with E-state index in [9.17, 15) is 18.0 Å². The monoisotopic (exact) mass is 296 g/mol. The summed E-state index contributed by atoms with van der Waals surface area (Å²) in [6.45, 7) is 1.76. The second-order valence-corrected chi connectivity index (χ2v) is 4.89. The highest BCUT2D eigenvalue weighted by Crippen LogP contribution is 2.34. The van der Waals surface area contributed by atoms with Crippen molar-refractivity contribution in [3.63, 3.8) is 0 Å². The maximum absolute atomic E-state index is 13.0. The van der Waals surface area contributed by atoms with Crippen molar-refractivity contribution in [3.8, 4) is 0 Å². The molecule has 2 aromatic rings. The number of hydrogen-bond acceptors (Lipinski definition) is 2. The van der Waals surface area contributed by atoms with E-state index in [2.05, 4.69) is 0 Å². The Balaban J connectivity index is 2.33. The molecule has 0 radical (unpaired) electrons. The molecule has 0 spiro atoms. The van der Waals surface area contributed by atoms with Gasteiger partial charge in [0.05, 0.1) is 5.56 Å². The molecule has 0 saturated heterocycles. The smallest absolute Gasteiger partial charge is 0.322 e. The predicted octanol–water partition coefficient (Wildman–Crippen LogP) is 2.88. The molecule has 2 rings (SSSR count). The Morgan fingerprint density at radius 3 is 2.52 bits per heavy atom. The van der Waals surface area contributed by atoms with Crippen LogP contribution in [0.3, 0.4) is 0 Å². The number of nitrogens with zero attached hydrogens (tertiary/aromatic N) is 1. The molecule has 0 aliphatic rings. The molecule has 1 aromatic heterocycles. The van der Waals surface area contributed by atoms with E-state index in [1.165, 1.54) is 35.0 Å². The molecule has 2 N–H and O–H groups in total. The number of rotatable bonds is 3. The number of alkyl halides is 3. The van der Waals surface area contributed by atoms with Crippen molar-refractivity contribution in [2.45, 2.75) is 25.7 Å². The van der Waals surface area contributed by atoms with Gasteiger partial charge in [0.15, 0.2) is 0 Å². The van der Waals surface area contributed by atoms with Gasteiger partial charge in [0.2, 0.25) is 0 Å². The molecular weight excluding hydrogens is 281 g/mol. The number of halogens is 3. The summed E-state index contributed by atoms with van der Waals surface area (Å²) in [6, 6.07) is 7.37. The Bertz CT molecular complexity index is 692. The van der Waals surface area contributed by atoms with Gasteiger partial charge in [0.25, 0.3) is 5.56 Å². The van der Waals surface area contributed by atoms with Crippen molar-refractivity contribution in [1.82, 2.24) is 4.57 Å². The molecule has 112 valence electrons. The van der Waals surface area contributed by atoms with Crippen LogP contribution in [0, 0.1) is 6.92 Å². The van der Waals surface area contributed by atoms with Crippen molar-refractivity contribution in [2.24, 2.45) is 5.73 Å². The van der Waals surface area contributed by atoms with Crippen LogP contribution in [0.5, 0.6) is 0 Å². The maximum Gasteiger partial charge on any atom is 0.416 e. The molecule has 0 saturated carbocycles. The predicted molar refractivity (Wildman–Crippen MR) is 73.8 cm³/mol. The Morgan fingerprint density at radius 1 is 1.24 bits per heavy atom. The van der Waals surface area contributed by atoms with Crippen molar-refractivity contribution >= 4 is 0 Å². The lowest BCUT2D eigenvalue weighted by Gasteiger charge is -2.19. The summed E-state index contributed by atoms with van der Waals surface area (Å²) in [7, 11) is 0. The zero-order chi connectivity index (χ0) is 15.6. The van der Waals surface area contributed by atoms with Crippen molar-refractivity contribution in [3.05, 3.63) is 69.6 Å². The SMILES string of the molecule is Cc1ccn(CC(N)c2ccccc2C(F)(F)F)c(=O)c1. The number of hydrogen-bond donors (Lipinski definition) is 1. The molecule has 0 fully saturated rings. The van der Waals surface area contributed by atoms with Gasteiger partial charge in [-0.1, -0.05) is 18.2 Å². The van der Waals surface area contributed by atoms with E-state index in [0.29, 0.717) is 0 Å². The minimum Gasteiger partial charge on any atom is -0.322 e. The van der Waals surface area contributed by atoms with Crippen LogP contribution in [0.2, 0.25) is 0 Å². The topological polar surface area (TPSA) is 48.0 Å². The molecule has 3 nitrogen and oxygen atoms in total. The number of aryl methyl sites for hydroxylation is 1. The molecule has 0 bridgehead atoms. The summed E-state index contributed by atoms with van der Waals surface area (Å²) in [4.78, 5) is 11.8. The zero-order valence-corrected chi connectivity index (χ0v) is 11.4. The molecule has 6 heteroatoms. The van der Waals surface area contributed by atoms with Crippen LogP contribution in [0.15, 0.2) is 47.4 Å². The summed E-state index contributed by atoms with van der Waals surface area (Å²) >= 11 is 0. The van der Waals surface area contributed by atoms with Crippen LogP contribution < -0.4 is 11.3 Å². The Hall–Kier alpha value is -2.08. The lowest BCUT2D eigenvalue weighted by atomic mass is 10.0. The highest BCUT2D eigenvalue weighted by atomic mass is 19.4. The minimum atomic E-state index is -4.47. The molecule has 1 atom stereocenters. The van der Waals surface area contributed by atoms with E-state index in [1.807, 2.05) is 0 Å². The fraction of sp³-hybridized carbons (Fsp3) is 0.267. The fourth-order valence-electron chi connectivity index (χ4n) is 2.15. The van der Waals surface area contributed by atoms with Gasteiger partial charge in [-0.3, -0.25) is 4.79 Å². The summed E-state index contributed by atoms with van der Waals surface area (Å²) < 4.78 is 40.2. The van der Waals surface area contributed by atoms with Gasteiger partial charge in [-0.15, -0.1) is 0 Å². The quantitative estimate of drug-likeness (QED) is 0.946. The van der Waals surface area contributed by atoms with Crippen LogP contribution in [-0.4, -0.2) is 4.57 Å². The summed E-state index contributed by atoms with van der Waals surface area (Å²) in [5.74, 6) is 0. The van der Waals surface area contributed by atoms with Gasteiger partial charge in [0.1, 0.15) is 0 Å². The third-order valence-electron chi connectivity index (χ3n) is 3.21. The summed E-state index contributed by atoms with van der Waals surface area (Å²) in [5, 5.41) is 0. The molecule has 0 aliphatic carbocycles. The lowest BCUT2D eigenvalue weighted by molar-refractivity contribution is -0.138. The first-order chi connectivity index (χ1) is 9.79. The van der Waals surface area contributed by atoms with Gasteiger partial charge in [-0.2, -0.15) is 13.2 Å². The van der Waals surface area contributed by atoms with E-state index in [4.69, 9.17) is 5.73 Å². The number of benzene rings is 1. The van der Waals surface area contributed by atoms with Crippen molar-refractivity contribution in [2.75, 3.05) is 0 Å². The van der Waals surface area contributed by atoms with E-state index in [-0.39, 0.29) is 17.7 Å². The van der Waals surface area contributed by atoms with E-state index < -0.39 is 17.8 Å². The summed E-state index contributed by atoms with van der Waals surface area (Å²) in [5.41, 5.74) is 5.60. The molecule has 0 aliphatic heterocycles. The average molecular weight is 296 g/mol.